The first-order valence-corrected chi connectivity index (χ1v) is 10.2. The number of carbonyl (C=O) groups excluding carboxylic acids is 1. The fourth-order valence-corrected chi connectivity index (χ4v) is 4.08. The van der Waals surface area contributed by atoms with E-state index in [9.17, 15) is 9.90 Å². The van der Waals surface area contributed by atoms with Gasteiger partial charge in [0.2, 0.25) is 5.78 Å². The average Bonchev–Trinajstić information content (AvgIpc) is 3.08. The van der Waals surface area contributed by atoms with Gasteiger partial charge in [-0.1, -0.05) is 44.7 Å². The summed E-state index contributed by atoms with van der Waals surface area (Å²) in [4.78, 5) is 17.1. The third kappa shape index (κ3) is 4.54. The number of rotatable bonds is 4. The molecule has 0 saturated carbocycles. The highest BCUT2D eigenvalue weighted by molar-refractivity contribution is 8.03. The summed E-state index contributed by atoms with van der Waals surface area (Å²) in [6.45, 7) is 10.1. The minimum absolute atomic E-state index is 0.0139. The second-order valence-corrected chi connectivity index (χ2v) is 7.36. The lowest BCUT2D eigenvalue weighted by Crippen LogP contribution is -2.23. The molecule has 0 fully saturated rings. The van der Waals surface area contributed by atoms with Gasteiger partial charge < -0.3 is 14.9 Å². The first kappa shape index (κ1) is 22.3. The number of hydrogen-bond donors (Lipinski definition) is 1. The van der Waals surface area contributed by atoms with E-state index in [2.05, 4.69) is 25.7 Å². The molecule has 0 unspecified atom stereocenters. The molecule has 29 heavy (non-hydrogen) atoms. The summed E-state index contributed by atoms with van der Waals surface area (Å²) < 4.78 is 0. The zero-order valence-corrected chi connectivity index (χ0v) is 17.9. The number of thioether (sulfide) groups is 1. The average molecular weight is 409 g/mol. The molecule has 0 saturated heterocycles. The number of nitriles is 2. The van der Waals surface area contributed by atoms with E-state index in [1.807, 2.05) is 36.2 Å². The summed E-state index contributed by atoms with van der Waals surface area (Å²) in [5.74, 6) is -1.07. The van der Waals surface area contributed by atoms with Crippen LogP contribution < -0.4 is 4.90 Å². The SMILES string of the molecule is CCN(CC)CC.CN1C(=CC2=C(O)C(=O)C2=C(C#N)C#N)Sc2ccccc21. The number of anilines is 1. The Morgan fingerprint density at radius 3 is 2.24 bits per heavy atom. The lowest BCUT2D eigenvalue weighted by Gasteiger charge is -2.21. The van der Waals surface area contributed by atoms with Gasteiger partial charge in [0.25, 0.3) is 0 Å². The molecule has 1 aromatic rings. The Bertz CT molecular complexity index is 954. The van der Waals surface area contributed by atoms with E-state index in [1.165, 1.54) is 31.4 Å². The van der Waals surface area contributed by atoms with E-state index in [1.54, 1.807) is 18.2 Å². The summed E-state index contributed by atoms with van der Waals surface area (Å²) in [5, 5.41) is 28.4. The van der Waals surface area contributed by atoms with Crippen molar-refractivity contribution in [1.29, 1.82) is 10.5 Å². The molecule has 0 radical (unpaired) electrons. The molecule has 0 aromatic heterocycles. The molecule has 0 spiro atoms. The smallest absolute Gasteiger partial charge is 0.230 e. The van der Waals surface area contributed by atoms with Gasteiger partial charge >= 0.3 is 0 Å². The van der Waals surface area contributed by atoms with Crippen molar-refractivity contribution in [3.8, 4) is 12.1 Å². The Balaban J connectivity index is 0.000000370. The third-order valence-electron chi connectivity index (χ3n) is 4.82. The van der Waals surface area contributed by atoms with Crippen LogP contribution in [0.2, 0.25) is 0 Å². The van der Waals surface area contributed by atoms with Gasteiger partial charge in [0.15, 0.2) is 5.76 Å². The number of nitrogens with zero attached hydrogens (tertiary/aromatic N) is 4. The van der Waals surface area contributed by atoms with Gasteiger partial charge in [-0.2, -0.15) is 10.5 Å². The monoisotopic (exact) mass is 408 g/mol. The standard InChI is InChI=1S/C16H9N3O2S.C6H15N/c1-19-11-4-2-3-5-12(11)22-13(19)6-10-14(9(7-17)8-18)16(21)15(10)20;1-4-7(5-2)6-3/h2-6,20H,1H3;4-6H2,1-3H3. The van der Waals surface area contributed by atoms with Crippen molar-refractivity contribution in [2.24, 2.45) is 0 Å². The number of Topliss-reactive ketones (excluding diaryl/α,β-unsaturated/α-hetero) is 1. The van der Waals surface area contributed by atoms with Gasteiger partial charge in [-0.3, -0.25) is 4.79 Å². The fraction of sp³-hybridized carbons (Fsp3) is 0.318. The van der Waals surface area contributed by atoms with Crippen molar-refractivity contribution < 1.29 is 9.90 Å². The van der Waals surface area contributed by atoms with Crippen LogP contribution in [0.15, 0.2) is 62.7 Å². The van der Waals surface area contributed by atoms with Crippen LogP contribution in [0.3, 0.4) is 0 Å². The van der Waals surface area contributed by atoms with Gasteiger partial charge in [-0.15, -0.1) is 0 Å². The van der Waals surface area contributed by atoms with Gasteiger partial charge in [0.05, 0.1) is 16.3 Å². The molecule has 1 aliphatic carbocycles. The number of aliphatic hydroxyl groups is 1. The second-order valence-electron chi connectivity index (χ2n) is 6.30. The van der Waals surface area contributed by atoms with Crippen molar-refractivity contribution in [1.82, 2.24) is 4.90 Å². The van der Waals surface area contributed by atoms with E-state index in [-0.39, 0.29) is 16.7 Å². The summed E-state index contributed by atoms with van der Waals surface area (Å²) in [6.07, 6.45) is 1.63. The third-order valence-corrected chi connectivity index (χ3v) is 5.99. The summed E-state index contributed by atoms with van der Waals surface area (Å²) in [6, 6.07) is 11.2. The van der Waals surface area contributed by atoms with Crippen LogP contribution in [-0.2, 0) is 4.79 Å². The molecule has 0 bridgehead atoms. The Labute approximate surface area is 176 Å². The number of ketones is 1. The molecule has 1 N–H and O–H groups in total. The topological polar surface area (TPSA) is 91.4 Å². The maximum Gasteiger partial charge on any atom is 0.230 e. The quantitative estimate of drug-likeness (QED) is 0.591. The molecule has 0 amide bonds. The van der Waals surface area contributed by atoms with Crippen LogP contribution in [0, 0.1) is 22.7 Å². The number of fused-ring (bicyclic) bond motifs is 1. The minimum Gasteiger partial charge on any atom is -0.504 e. The molecule has 1 aromatic carbocycles. The highest BCUT2D eigenvalue weighted by Gasteiger charge is 2.36. The maximum atomic E-state index is 11.7. The first-order chi connectivity index (χ1) is 13.9. The molecular weight excluding hydrogens is 384 g/mol. The highest BCUT2D eigenvalue weighted by atomic mass is 32.2. The summed E-state index contributed by atoms with van der Waals surface area (Å²) in [7, 11) is 1.88. The van der Waals surface area contributed by atoms with E-state index in [0.717, 1.165) is 15.6 Å². The largest absolute Gasteiger partial charge is 0.504 e. The lowest BCUT2D eigenvalue weighted by atomic mass is 9.84. The molecule has 1 aliphatic heterocycles. The van der Waals surface area contributed by atoms with E-state index in [0.29, 0.717) is 0 Å². The summed E-state index contributed by atoms with van der Waals surface area (Å²) in [5.41, 5.74) is 0.971. The number of hydrogen-bond acceptors (Lipinski definition) is 7. The predicted octanol–water partition coefficient (Wildman–Crippen LogP) is 4.16. The Morgan fingerprint density at radius 1 is 1.17 bits per heavy atom. The first-order valence-electron chi connectivity index (χ1n) is 9.40. The van der Waals surface area contributed by atoms with Crippen LogP contribution in [0.5, 0.6) is 0 Å². The predicted molar refractivity (Wildman–Crippen MR) is 115 cm³/mol. The molecule has 2 aliphatic rings. The minimum atomic E-state index is -0.659. The second kappa shape index (κ2) is 9.97. The molecule has 0 atom stereocenters. The lowest BCUT2D eigenvalue weighted by molar-refractivity contribution is -0.115. The van der Waals surface area contributed by atoms with Crippen molar-refractivity contribution in [3.63, 3.8) is 0 Å². The Kier molecular flexibility index (Phi) is 7.67. The highest BCUT2D eigenvalue weighted by Crippen LogP contribution is 2.46. The van der Waals surface area contributed by atoms with Gasteiger partial charge in [0.1, 0.15) is 17.7 Å². The Hall–Kier alpha value is -3.00. The number of para-hydroxylation sites is 1. The van der Waals surface area contributed by atoms with Crippen LogP contribution in [0.1, 0.15) is 20.8 Å². The molecule has 1 heterocycles. The van der Waals surface area contributed by atoms with Crippen molar-refractivity contribution in [2.75, 3.05) is 31.6 Å². The number of benzene rings is 1. The van der Waals surface area contributed by atoms with Gasteiger partial charge in [0, 0.05) is 17.5 Å². The molecule has 7 heteroatoms. The number of carbonyl (C=O) groups is 1. The molecular formula is C22H24N4O2S. The summed E-state index contributed by atoms with van der Waals surface area (Å²) >= 11 is 1.50. The van der Waals surface area contributed by atoms with E-state index >= 15 is 0 Å². The van der Waals surface area contributed by atoms with Crippen molar-refractivity contribution in [2.45, 2.75) is 25.7 Å². The van der Waals surface area contributed by atoms with Gasteiger partial charge in [-0.25, -0.2) is 0 Å². The normalized spacial score (nSPS) is 16.1. The van der Waals surface area contributed by atoms with Gasteiger partial charge in [-0.05, 0) is 37.8 Å². The zero-order valence-electron chi connectivity index (χ0n) is 17.1. The fourth-order valence-electron chi connectivity index (χ4n) is 2.99. The maximum absolute atomic E-state index is 11.7. The molecule has 150 valence electrons. The number of allylic oxidation sites excluding steroid dienone is 4. The zero-order chi connectivity index (χ0) is 21.6. The number of aliphatic hydroxyl groups excluding tert-OH is 1. The van der Waals surface area contributed by atoms with Crippen molar-refractivity contribution >= 4 is 23.2 Å². The van der Waals surface area contributed by atoms with E-state index < -0.39 is 11.5 Å². The Morgan fingerprint density at radius 2 is 1.76 bits per heavy atom. The van der Waals surface area contributed by atoms with E-state index in [4.69, 9.17) is 10.5 Å². The van der Waals surface area contributed by atoms with Crippen LogP contribution in [0.4, 0.5) is 5.69 Å². The van der Waals surface area contributed by atoms with Crippen LogP contribution in [0.25, 0.3) is 0 Å². The van der Waals surface area contributed by atoms with Crippen molar-refractivity contribution in [3.05, 3.63) is 57.8 Å². The van der Waals surface area contributed by atoms with Crippen LogP contribution >= 0.6 is 11.8 Å². The molecule has 3 rings (SSSR count). The molecule has 6 nitrogen and oxygen atoms in total. The van der Waals surface area contributed by atoms with Crippen LogP contribution in [-0.4, -0.2) is 42.5 Å².